The van der Waals surface area contributed by atoms with Crippen LogP contribution in [0.3, 0.4) is 0 Å². The van der Waals surface area contributed by atoms with Crippen LogP contribution in [0.4, 0.5) is 0 Å². The zero-order valence-electron chi connectivity index (χ0n) is 21.1. The number of nitrogens with one attached hydrogen (secondary N) is 1. The second kappa shape index (κ2) is 12.9. The summed E-state index contributed by atoms with van der Waals surface area (Å²) < 4.78 is 9.57. The van der Waals surface area contributed by atoms with E-state index in [1.165, 1.54) is 9.13 Å². The molecule has 0 bridgehead atoms. The van der Waals surface area contributed by atoms with E-state index in [-0.39, 0.29) is 17.2 Å². The van der Waals surface area contributed by atoms with Gasteiger partial charge in [0.2, 0.25) is 5.91 Å². The minimum absolute atomic E-state index is 0.0894. The van der Waals surface area contributed by atoms with Crippen molar-refractivity contribution in [1.29, 1.82) is 0 Å². The maximum absolute atomic E-state index is 12.7. The van der Waals surface area contributed by atoms with Crippen LogP contribution in [-0.2, 0) is 32.0 Å². The standard InChI is InChI=1S/C26H37N5O4/c1-29-19-28-24-23(29)25(33)31(26(34)30(24)2)17-11-9-7-5-4-6-8-10-12-22(32)27-18-20-13-15-21(35-3)16-14-20/h13-16,19H,4-12,17-18H2,1-3H3,(H,27,32). The molecule has 0 fully saturated rings. The molecule has 3 rings (SSSR count). The molecule has 190 valence electrons. The third-order valence-electron chi connectivity index (χ3n) is 6.39. The Bertz CT molecular complexity index is 1220. The summed E-state index contributed by atoms with van der Waals surface area (Å²) in [5, 5.41) is 2.97. The molecule has 1 aromatic carbocycles. The topological polar surface area (TPSA) is 100 Å². The van der Waals surface area contributed by atoms with Crippen LogP contribution in [0.2, 0.25) is 0 Å². The molecule has 0 aliphatic rings. The third kappa shape index (κ3) is 7.07. The smallest absolute Gasteiger partial charge is 0.332 e. The number of amides is 1. The van der Waals surface area contributed by atoms with Gasteiger partial charge in [0.1, 0.15) is 5.75 Å². The first-order valence-corrected chi connectivity index (χ1v) is 12.4. The Labute approximate surface area is 205 Å². The largest absolute Gasteiger partial charge is 0.497 e. The van der Waals surface area contributed by atoms with Gasteiger partial charge in [-0.3, -0.25) is 18.7 Å². The summed E-state index contributed by atoms with van der Waals surface area (Å²) >= 11 is 0. The Morgan fingerprint density at radius 3 is 2.23 bits per heavy atom. The van der Waals surface area contributed by atoms with Gasteiger partial charge >= 0.3 is 5.69 Å². The van der Waals surface area contributed by atoms with E-state index in [4.69, 9.17) is 4.74 Å². The van der Waals surface area contributed by atoms with E-state index in [9.17, 15) is 14.4 Å². The quantitative estimate of drug-likeness (QED) is 0.355. The highest BCUT2D eigenvalue weighted by molar-refractivity contribution is 5.75. The van der Waals surface area contributed by atoms with E-state index in [1.807, 2.05) is 24.3 Å². The summed E-state index contributed by atoms with van der Waals surface area (Å²) in [6, 6.07) is 7.69. The Morgan fingerprint density at radius 1 is 0.943 bits per heavy atom. The molecule has 3 aromatic rings. The van der Waals surface area contributed by atoms with Crippen LogP contribution in [0.5, 0.6) is 5.75 Å². The van der Waals surface area contributed by atoms with E-state index in [0.717, 1.165) is 62.7 Å². The summed E-state index contributed by atoms with van der Waals surface area (Å²) in [4.78, 5) is 41.4. The Balaban J connectivity index is 1.24. The summed E-state index contributed by atoms with van der Waals surface area (Å²) in [6.07, 6.45) is 10.3. The zero-order valence-corrected chi connectivity index (χ0v) is 21.1. The van der Waals surface area contributed by atoms with Crippen LogP contribution in [-0.4, -0.2) is 31.7 Å². The van der Waals surface area contributed by atoms with Crippen molar-refractivity contribution in [2.24, 2.45) is 14.1 Å². The van der Waals surface area contributed by atoms with Crippen molar-refractivity contribution >= 4 is 17.1 Å². The fraction of sp³-hybridized carbons (Fsp3) is 0.538. The molecular formula is C26H37N5O4. The van der Waals surface area contributed by atoms with Gasteiger partial charge in [-0.25, -0.2) is 9.78 Å². The number of unbranched alkanes of at least 4 members (excludes halogenated alkanes) is 7. The number of aromatic nitrogens is 4. The fourth-order valence-corrected chi connectivity index (χ4v) is 4.24. The van der Waals surface area contributed by atoms with Crippen molar-refractivity contribution < 1.29 is 9.53 Å². The van der Waals surface area contributed by atoms with Gasteiger partial charge in [-0.15, -0.1) is 0 Å². The number of ether oxygens (including phenoxy) is 1. The van der Waals surface area contributed by atoms with Crippen molar-refractivity contribution in [2.75, 3.05) is 7.11 Å². The van der Waals surface area contributed by atoms with Gasteiger partial charge in [0, 0.05) is 33.6 Å². The molecule has 9 heteroatoms. The SMILES string of the molecule is COc1ccc(CNC(=O)CCCCCCCCCCn2c(=O)c3c(ncn3C)n(C)c2=O)cc1. The van der Waals surface area contributed by atoms with Gasteiger partial charge in [0.05, 0.1) is 13.4 Å². The molecule has 35 heavy (non-hydrogen) atoms. The number of benzene rings is 1. The van der Waals surface area contributed by atoms with Crippen LogP contribution >= 0.6 is 0 Å². The number of rotatable bonds is 14. The average Bonchev–Trinajstić information content (AvgIpc) is 3.26. The van der Waals surface area contributed by atoms with Crippen LogP contribution in [0.15, 0.2) is 40.2 Å². The molecule has 0 unspecified atom stereocenters. The minimum Gasteiger partial charge on any atom is -0.497 e. The van der Waals surface area contributed by atoms with E-state index in [2.05, 4.69) is 10.3 Å². The molecule has 0 saturated heterocycles. The second-order valence-corrected chi connectivity index (χ2v) is 9.03. The van der Waals surface area contributed by atoms with Crippen molar-refractivity contribution in [3.63, 3.8) is 0 Å². The first-order chi connectivity index (χ1) is 16.9. The zero-order chi connectivity index (χ0) is 25.2. The van der Waals surface area contributed by atoms with Crippen LogP contribution in [0, 0.1) is 0 Å². The lowest BCUT2D eigenvalue weighted by molar-refractivity contribution is -0.121. The molecule has 0 aliphatic heterocycles. The lowest BCUT2D eigenvalue weighted by atomic mass is 10.1. The maximum atomic E-state index is 12.7. The third-order valence-corrected chi connectivity index (χ3v) is 6.39. The molecule has 0 spiro atoms. The van der Waals surface area contributed by atoms with Gasteiger partial charge in [0.15, 0.2) is 11.2 Å². The van der Waals surface area contributed by atoms with Crippen molar-refractivity contribution in [3.8, 4) is 5.75 Å². The number of fused-ring (bicyclic) bond motifs is 1. The predicted molar refractivity (Wildman–Crippen MR) is 137 cm³/mol. The van der Waals surface area contributed by atoms with Crippen LogP contribution in [0.25, 0.3) is 11.2 Å². The molecule has 2 heterocycles. The van der Waals surface area contributed by atoms with E-state index in [1.54, 1.807) is 32.1 Å². The Hall–Kier alpha value is -3.36. The number of carbonyl (C=O) groups excluding carboxylic acids is 1. The van der Waals surface area contributed by atoms with Gasteiger partial charge in [0.25, 0.3) is 5.56 Å². The molecule has 9 nitrogen and oxygen atoms in total. The van der Waals surface area contributed by atoms with Crippen LogP contribution < -0.4 is 21.3 Å². The Morgan fingerprint density at radius 2 is 1.57 bits per heavy atom. The van der Waals surface area contributed by atoms with Crippen molar-refractivity contribution in [2.45, 2.75) is 70.9 Å². The molecule has 0 saturated carbocycles. The monoisotopic (exact) mass is 483 g/mol. The first kappa shape index (κ1) is 26.2. The summed E-state index contributed by atoms with van der Waals surface area (Å²) in [6.45, 7) is 0.968. The van der Waals surface area contributed by atoms with Gasteiger partial charge in [-0.2, -0.15) is 0 Å². The predicted octanol–water partition coefficient (Wildman–Crippen LogP) is 3.27. The Kier molecular flexibility index (Phi) is 9.69. The van der Waals surface area contributed by atoms with Crippen molar-refractivity contribution in [1.82, 2.24) is 24.0 Å². The molecule has 2 aromatic heterocycles. The highest BCUT2D eigenvalue weighted by Crippen LogP contribution is 2.12. The van der Waals surface area contributed by atoms with Crippen LogP contribution in [0.1, 0.15) is 63.4 Å². The lowest BCUT2D eigenvalue weighted by Gasteiger charge is -2.08. The van der Waals surface area contributed by atoms with Gasteiger partial charge < -0.3 is 14.6 Å². The van der Waals surface area contributed by atoms with Gasteiger partial charge in [-0.05, 0) is 30.5 Å². The summed E-state index contributed by atoms with van der Waals surface area (Å²) in [5.41, 5.74) is 1.36. The number of methoxy groups -OCH3 is 1. The second-order valence-electron chi connectivity index (χ2n) is 9.03. The normalized spacial score (nSPS) is 11.2. The number of nitrogens with zero attached hydrogens (tertiary/aromatic N) is 4. The molecular weight excluding hydrogens is 446 g/mol. The first-order valence-electron chi connectivity index (χ1n) is 12.4. The average molecular weight is 484 g/mol. The summed E-state index contributed by atoms with van der Waals surface area (Å²) in [7, 11) is 5.05. The number of carbonyl (C=O) groups is 1. The van der Waals surface area contributed by atoms with Gasteiger partial charge in [-0.1, -0.05) is 50.7 Å². The molecule has 1 amide bonds. The van der Waals surface area contributed by atoms with E-state index >= 15 is 0 Å². The number of hydrogen-bond donors (Lipinski definition) is 1. The van der Waals surface area contributed by atoms with Crippen molar-refractivity contribution in [3.05, 3.63) is 57.0 Å². The number of imidazole rings is 1. The number of aryl methyl sites for hydroxylation is 2. The number of hydrogen-bond acceptors (Lipinski definition) is 5. The maximum Gasteiger partial charge on any atom is 0.332 e. The summed E-state index contributed by atoms with van der Waals surface area (Å²) in [5.74, 6) is 0.899. The van der Waals surface area contributed by atoms with E-state index in [0.29, 0.717) is 30.7 Å². The minimum atomic E-state index is -0.311. The lowest BCUT2D eigenvalue weighted by Crippen LogP contribution is -2.39. The highest BCUT2D eigenvalue weighted by Gasteiger charge is 2.14. The fourth-order valence-electron chi connectivity index (χ4n) is 4.24. The molecule has 0 atom stereocenters. The molecule has 1 N–H and O–H groups in total. The molecule has 0 aliphatic carbocycles. The highest BCUT2D eigenvalue weighted by atomic mass is 16.5. The molecule has 0 radical (unpaired) electrons. The van der Waals surface area contributed by atoms with E-state index < -0.39 is 0 Å².